The molecule has 1 fully saturated rings. The number of ether oxygens (including phenoxy) is 6. The largest absolute Gasteiger partial charge is 0.475 e. The van der Waals surface area contributed by atoms with Crippen LogP contribution in [0.2, 0.25) is 0 Å². The Hall–Kier alpha value is -3.88. The molecule has 0 saturated carbocycles. The quantitative estimate of drug-likeness (QED) is 0.130. The van der Waals surface area contributed by atoms with Crippen LogP contribution < -0.4 is 0 Å². The zero-order valence-corrected chi connectivity index (χ0v) is 20.3. The van der Waals surface area contributed by atoms with Gasteiger partial charge in [-0.3, -0.25) is 24.0 Å². The van der Waals surface area contributed by atoms with Gasteiger partial charge in [0.05, 0.1) is 0 Å². The number of nitroso groups, excluding NO2 is 1. The van der Waals surface area contributed by atoms with E-state index in [2.05, 4.69) is 5.18 Å². The smallest absolute Gasteiger partial charge is 0.375 e. The second kappa shape index (κ2) is 12.7. The molecule has 0 spiro atoms. The number of carboxylic acids is 1. The number of hydrogen-bond donors (Lipinski definition) is 1. The van der Waals surface area contributed by atoms with Gasteiger partial charge < -0.3 is 33.5 Å². The van der Waals surface area contributed by atoms with Crippen LogP contribution in [-0.4, -0.2) is 78.0 Å². The Balaban J connectivity index is 4.35. The Morgan fingerprint density at radius 1 is 0.889 bits per heavy atom. The monoisotopic (exact) mass is 517 g/mol. The fraction of sp³-hybridized carbons (Fsp3) is 0.619. The topological polar surface area (TPSA) is 207 Å². The van der Waals surface area contributed by atoms with E-state index in [9.17, 15) is 38.8 Å². The molecule has 36 heavy (non-hydrogen) atoms. The summed E-state index contributed by atoms with van der Waals surface area (Å²) in [5, 5.41) is 13.0. The first-order valence-corrected chi connectivity index (χ1v) is 10.5. The minimum absolute atomic E-state index is 0.182. The Labute approximate surface area is 204 Å². The van der Waals surface area contributed by atoms with Crippen LogP contribution in [0.4, 0.5) is 0 Å². The van der Waals surface area contributed by atoms with Gasteiger partial charge in [-0.05, 0) is 0 Å². The molecule has 200 valence electrons. The average molecular weight is 517 g/mol. The molecule has 15 nitrogen and oxygen atoms in total. The predicted molar refractivity (Wildman–Crippen MR) is 113 cm³/mol. The molecular formula is C21H27NO14. The number of aliphatic carboxylic acids is 1. The number of esters is 5. The van der Waals surface area contributed by atoms with E-state index in [1.807, 2.05) is 0 Å². The van der Waals surface area contributed by atoms with Gasteiger partial charge in [0.15, 0.2) is 11.6 Å². The Kier molecular flexibility index (Phi) is 10.6. The van der Waals surface area contributed by atoms with E-state index in [0.717, 1.165) is 34.6 Å². The number of hydrogen-bond acceptors (Lipinski definition) is 14. The van der Waals surface area contributed by atoms with Crippen molar-refractivity contribution in [1.82, 2.24) is 0 Å². The lowest BCUT2D eigenvalue weighted by molar-refractivity contribution is -0.213. The van der Waals surface area contributed by atoms with E-state index in [-0.39, 0.29) is 26.1 Å². The third kappa shape index (κ3) is 7.07. The van der Waals surface area contributed by atoms with E-state index >= 15 is 0 Å². The SMILES string of the molecule is CC(=O)OCC(OC(C)=O)C(OC(C)=O)(C(OC(C)=O)=C(OC(C)=O)C(=O)O)C1(N=O)CCOCC1. The van der Waals surface area contributed by atoms with Crippen molar-refractivity contribution in [1.29, 1.82) is 0 Å². The van der Waals surface area contributed by atoms with Crippen LogP contribution in [0, 0.1) is 4.91 Å². The van der Waals surface area contributed by atoms with Gasteiger partial charge in [-0.15, -0.1) is 0 Å². The fourth-order valence-corrected chi connectivity index (χ4v) is 3.72. The van der Waals surface area contributed by atoms with Crippen molar-refractivity contribution in [3.8, 4) is 0 Å². The normalized spacial score (nSPS) is 17.7. The second-order valence-corrected chi connectivity index (χ2v) is 7.62. The standard InChI is InChI=1S/C21H27NO14/c1-11(23)32-10-16(33-12(2)24)21(36-15(5)27,20(22-30)6-8-31-9-7-20)18(35-14(4)26)17(19(28)29)34-13(3)25/h16H,6-10H2,1-5H3,(H,28,29). The Bertz CT molecular complexity index is 948. The summed E-state index contributed by atoms with van der Waals surface area (Å²) in [6.45, 7) is 3.15. The van der Waals surface area contributed by atoms with Gasteiger partial charge in [-0.2, -0.15) is 4.91 Å². The summed E-state index contributed by atoms with van der Waals surface area (Å²) in [7, 11) is 0. The van der Waals surface area contributed by atoms with Gasteiger partial charge in [-0.1, -0.05) is 5.18 Å². The van der Waals surface area contributed by atoms with Crippen molar-refractivity contribution < 1.29 is 62.3 Å². The number of carboxylic acid groups (broad SMARTS) is 1. The number of nitrogens with zero attached hydrogens (tertiary/aromatic N) is 1. The van der Waals surface area contributed by atoms with Gasteiger partial charge in [0, 0.05) is 60.7 Å². The summed E-state index contributed by atoms with van der Waals surface area (Å²) < 4.78 is 30.9. The molecule has 2 unspecified atom stereocenters. The van der Waals surface area contributed by atoms with Gasteiger partial charge in [0.25, 0.3) is 5.76 Å². The van der Waals surface area contributed by atoms with Gasteiger partial charge in [0.2, 0.25) is 11.4 Å². The van der Waals surface area contributed by atoms with Crippen LogP contribution >= 0.6 is 0 Å². The van der Waals surface area contributed by atoms with Crippen molar-refractivity contribution in [3.63, 3.8) is 0 Å². The summed E-state index contributed by atoms with van der Waals surface area (Å²) in [5.41, 5.74) is -5.12. The fourth-order valence-electron chi connectivity index (χ4n) is 3.72. The van der Waals surface area contributed by atoms with E-state index in [0.29, 0.717) is 0 Å². The molecule has 0 amide bonds. The van der Waals surface area contributed by atoms with Crippen molar-refractivity contribution in [3.05, 3.63) is 16.4 Å². The molecule has 2 atom stereocenters. The highest BCUT2D eigenvalue weighted by Crippen LogP contribution is 2.48. The molecule has 1 aliphatic rings. The summed E-state index contributed by atoms with van der Waals surface area (Å²) in [6, 6.07) is 0. The minimum atomic E-state index is -2.89. The maximum absolute atomic E-state index is 12.5. The van der Waals surface area contributed by atoms with Gasteiger partial charge in [-0.25, -0.2) is 4.79 Å². The first-order valence-electron chi connectivity index (χ1n) is 10.5. The number of carbonyl (C=O) groups excluding carboxylic acids is 5. The van der Waals surface area contributed by atoms with E-state index in [1.54, 1.807) is 0 Å². The van der Waals surface area contributed by atoms with Crippen LogP contribution in [0.15, 0.2) is 16.7 Å². The number of rotatable bonds is 11. The van der Waals surface area contributed by atoms with Gasteiger partial charge >= 0.3 is 35.8 Å². The minimum Gasteiger partial charge on any atom is -0.475 e. The zero-order valence-electron chi connectivity index (χ0n) is 20.3. The molecule has 1 heterocycles. The highest BCUT2D eigenvalue weighted by atomic mass is 16.6. The average Bonchev–Trinajstić information content (AvgIpc) is 2.76. The van der Waals surface area contributed by atoms with Crippen LogP contribution in [0.3, 0.4) is 0 Å². The summed E-state index contributed by atoms with van der Waals surface area (Å²) in [6.07, 6.45) is -2.77. The predicted octanol–water partition coefficient (Wildman–Crippen LogP) is 0.521. The molecule has 0 aromatic rings. The van der Waals surface area contributed by atoms with E-state index in [1.165, 1.54) is 0 Å². The molecule has 1 saturated heterocycles. The summed E-state index contributed by atoms with van der Waals surface area (Å²) in [5.74, 6) is -10.1. The lowest BCUT2D eigenvalue weighted by atomic mass is 9.69. The van der Waals surface area contributed by atoms with Crippen LogP contribution in [0.5, 0.6) is 0 Å². The number of carbonyl (C=O) groups is 6. The molecular weight excluding hydrogens is 490 g/mol. The lowest BCUT2D eigenvalue weighted by Gasteiger charge is -2.49. The molecule has 0 aliphatic carbocycles. The molecule has 1 rings (SSSR count). The van der Waals surface area contributed by atoms with Crippen LogP contribution in [0.1, 0.15) is 47.5 Å². The molecule has 0 aromatic heterocycles. The molecule has 1 aliphatic heterocycles. The van der Waals surface area contributed by atoms with Crippen LogP contribution in [0.25, 0.3) is 0 Å². The van der Waals surface area contributed by atoms with Crippen molar-refractivity contribution in [2.24, 2.45) is 5.18 Å². The molecule has 0 aromatic carbocycles. The highest BCUT2D eigenvalue weighted by Gasteiger charge is 2.68. The van der Waals surface area contributed by atoms with Gasteiger partial charge in [0.1, 0.15) is 6.61 Å². The van der Waals surface area contributed by atoms with E-state index < -0.39 is 71.2 Å². The molecule has 0 bridgehead atoms. The molecule has 0 radical (unpaired) electrons. The zero-order chi connectivity index (χ0) is 27.7. The molecule has 15 heteroatoms. The maximum Gasteiger partial charge on any atom is 0.375 e. The van der Waals surface area contributed by atoms with Crippen LogP contribution in [-0.2, 0) is 57.2 Å². The second-order valence-electron chi connectivity index (χ2n) is 7.62. The molecule has 1 N–H and O–H groups in total. The summed E-state index contributed by atoms with van der Waals surface area (Å²) in [4.78, 5) is 84.7. The van der Waals surface area contributed by atoms with Crippen molar-refractivity contribution in [2.45, 2.75) is 64.7 Å². The Morgan fingerprint density at radius 3 is 1.83 bits per heavy atom. The van der Waals surface area contributed by atoms with E-state index in [4.69, 9.17) is 28.4 Å². The maximum atomic E-state index is 12.5. The lowest BCUT2D eigenvalue weighted by Crippen LogP contribution is -2.68. The summed E-state index contributed by atoms with van der Waals surface area (Å²) >= 11 is 0. The first-order chi connectivity index (χ1) is 16.7. The highest BCUT2D eigenvalue weighted by molar-refractivity contribution is 5.89. The van der Waals surface area contributed by atoms with Crippen molar-refractivity contribution in [2.75, 3.05) is 19.8 Å². The first kappa shape index (κ1) is 30.2. The third-order valence-corrected chi connectivity index (χ3v) is 4.92. The van der Waals surface area contributed by atoms with Crippen molar-refractivity contribution >= 4 is 35.8 Å². The third-order valence-electron chi connectivity index (χ3n) is 4.92. The Morgan fingerprint density at radius 2 is 1.44 bits per heavy atom.